The zero-order chi connectivity index (χ0) is 18.1. The Bertz CT molecular complexity index is 1060. The van der Waals surface area contributed by atoms with Gasteiger partial charge in [-0.05, 0) is 41.3 Å². The lowest BCUT2D eigenvalue weighted by Gasteiger charge is -2.18. The summed E-state index contributed by atoms with van der Waals surface area (Å²) in [6, 6.07) is 14.9. The first-order valence-corrected chi connectivity index (χ1v) is 9.11. The molecule has 7 heteroatoms. The fraction of sp³-hybridized carbons (Fsp3) is 0.0526. The second-order valence-electron chi connectivity index (χ2n) is 5.65. The maximum absolute atomic E-state index is 13.3. The first-order valence-electron chi connectivity index (χ1n) is 7.86. The Balaban J connectivity index is 1.72. The van der Waals surface area contributed by atoms with Crippen LogP contribution in [0.5, 0.6) is 0 Å². The molecule has 4 rings (SSSR count). The first-order chi connectivity index (χ1) is 12.6. The molecule has 4 nitrogen and oxygen atoms in total. The molecule has 26 heavy (non-hydrogen) atoms. The number of hydrogen-bond acceptors (Lipinski definition) is 3. The highest BCUT2D eigenvalue weighted by Gasteiger charge is 2.23. The van der Waals surface area contributed by atoms with Gasteiger partial charge in [0.1, 0.15) is 11.5 Å². The molecule has 0 fully saturated rings. The van der Waals surface area contributed by atoms with Crippen molar-refractivity contribution in [2.24, 2.45) is 0 Å². The van der Waals surface area contributed by atoms with Crippen molar-refractivity contribution in [1.82, 2.24) is 14.7 Å². The number of imidazole rings is 1. The lowest BCUT2D eigenvalue weighted by Crippen LogP contribution is -2.30. The molecular weight excluding hydrogens is 373 g/mol. The molecule has 0 bridgehead atoms. The Kier molecular flexibility index (Phi) is 4.44. The van der Waals surface area contributed by atoms with E-state index in [1.54, 1.807) is 34.9 Å². The molecule has 130 valence electrons. The second-order valence-corrected chi connectivity index (χ2v) is 6.99. The van der Waals surface area contributed by atoms with Gasteiger partial charge in [0.15, 0.2) is 10.8 Å². The summed E-state index contributed by atoms with van der Waals surface area (Å²) in [5.41, 5.74) is 1.65. The third-order valence-corrected chi connectivity index (χ3v) is 5.21. The largest absolute Gasteiger partial charge is 0.339 e. The van der Waals surface area contributed by atoms with Crippen LogP contribution in [0.2, 0.25) is 5.15 Å². The predicted molar refractivity (Wildman–Crippen MR) is 100 cm³/mol. The van der Waals surface area contributed by atoms with E-state index in [0.717, 1.165) is 10.4 Å². The van der Waals surface area contributed by atoms with Crippen molar-refractivity contribution in [3.8, 4) is 0 Å². The number of pyridine rings is 1. The molecule has 1 N–H and O–H groups in total. The van der Waals surface area contributed by atoms with Gasteiger partial charge in [0.05, 0.1) is 6.04 Å². The average Bonchev–Trinajstić information content (AvgIpc) is 3.27. The number of carbonyl (C=O) groups excluding carboxylic acids is 1. The molecule has 0 saturated heterocycles. The van der Waals surface area contributed by atoms with E-state index in [0.29, 0.717) is 5.65 Å². The van der Waals surface area contributed by atoms with Crippen LogP contribution in [-0.2, 0) is 0 Å². The van der Waals surface area contributed by atoms with E-state index in [9.17, 15) is 9.18 Å². The van der Waals surface area contributed by atoms with Gasteiger partial charge < -0.3 is 5.32 Å². The van der Waals surface area contributed by atoms with Gasteiger partial charge in [-0.15, -0.1) is 11.3 Å². The lowest BCUT2D eigenvalue weighted by atomic mass is 10.1. The van der Waals surface area contributed by atoms with Gasteiger partial charge in [0.2, 0.25) is 0 Å². The molecule has 1 amide bonds. The summed E-state index contributed by atoms with van der Waals surface area (Å²) < 4.78 is 14.9. The highest BCUT2D eigenvalue weighted by atomic mass is 35.5. The summed E-state index contributed by atoms with van der Waals surface area (Å²) in [4.78, 5) is 18.1. The number of benzene rings is 1. The minimum Gasteiger partial charge on any atom is -0.339 e. The minimum atomic E-state index is -0.409. The van der Waals surface area contributed by atoms with Gasteiger partial charge in [-0.2, -0.15) is 0 Å². The number of halogens is 2. The zero-order valence-corrected chi connectivity index (χ0v) is 15.0. The maximum atomic E-state index is 13.3. The fourth-order valence-electron chi connectivity index (χ4n) is 2.80. The molecule has 1 aromatic carbocycles. The van der Waals surface area contributed by atoms with Crippen molar-refractivity contribution in [2.75, 3.05) is 0 Å². The highest BCUT2D eigenvalue weighted by molar-refractivity contribution is 7.10. The molecular formula is C19H13ClFN3OS. The fourth-order valence-corrected chi connectivity index (χ4v) is 3.87. The Morgan fingerprint density at radius 1 is 1.15 bits per heavy atom. The normalized spacial score (nSPS) is 12.2. The molecule has 0 spiro atoms. The Morgan fingerprint density at radius 2 is 1.96 bits per heavy atom. The van der Waals surface area contributed by atoms with Crippen LogP contribution in [0, 0.1) is 5.82 Å². The van der Waals surface area contributed by atoms with Crippen molar-refractivity contribution in [1.29, 1.82) is 0 Å². The number of amides is 1. The number of nitrogens with zero attached hydrogens (tertiary/aromatic N) is 2. The van der Waals surface area contributed by atoms with Gasteiger partial charge in [-0.25, -0.2) is 9.37 Å². The number of nitrogens with one attached hydrogen (secondary N) is 1. The van der Waals surface area contributed by atoms with Crippen LogP contribution < -0.4 is 5.32 Å². The number of rotatable bonds is 4. The zero-order valence-electron chi connectivity index (χ0n) is 13.4. The molecule has 0 aliphatic heterocycles. The van der Waals surface area contributed by atoms with Gasteiger partial charge in [-0.3, -0.25) is 9.20 Å². The summed E-state index contributed by atoms with van der Waals surface area (Å²) in [7, 11) is 0. The minimum absolute atomic E-state index is 0.137. The summed E-state index contributed by atoms with van der Waals surface area (Å²) in [6.45, 7) is 0. The highest BCUT2D eigenvalue weighted by Crippen LogP contribution is 2.27. The Hall–Kier alpha value is -2.70. The third kappa shape index (κ3) is 3.09. The van der Waals surface area contributed by atoms with Gasteiger partial charge in [0, 0.05) is 11.1 Å². The van der Waals surface area contributed by atoms with Crippen LogP contribution in [0.1, 0.15) is 27.0 Å². The number of fused-ring (bicyclic) bond motifs is 1. The number of aromatic nitrogens is 2. The maximum Gasteiger partial charge on any atom is 0.272 e. The van der Waals surface area contributed by atoms with Crippen LogP contribution >= 0.6 is 22.9 Å². The van der Waals surface area contributed by atoms with E-state index >= 15 is 0 Å². The van der Waals surface area contributed by atoms with Crippen molar-refractivity contribution in [3.63, 3.8) is 0 Å². The molecule has 0 radical (unpaired) electrons. The number of thiophene rings is 1. The van der Waals surface area contributed by atoms with E-state index in [2.05, 4.69) is 10.3 Å². The van der Waals surface area contributed by atoms with Crippen LogP contribution in [0.15, 0.2) is 66.2 Å². The van der Waals surface area contributed by atoms with Crippen LogP contribution in [0.25, 0.3) is 5.65 Å². The number of hydrogen-bond donors (Lipinski definition) is 1. The van der Waals surface area contributed by atoms with E-state index in [-0.39, 0.29) is 22.6 Å². The van der Waals surface area contributed by atoms with Gasteiger partial charge in [-0.1, -0.05) is 35.9 Å². The summed E-state index contributed by atoms with van der Waals surface area (Å²) >= 11 is 7.71. The molecule has 1 atom stereocenters. The molecule has 3 heterocycles. The van der Waals surface area contributed by atoms with Gasteiger partial charge in [0.25, 0.3) is 5.91 Å². The molecule has 4 aromatic rings. The second kappa shape index (κ2) is 6.90. The molecule has 0 aliphatic carbocycles. The van der Waals surface area contributed by atoms with Crippen molar-refractivity contribution < 1.29 is 9.18 Å². The van der Waals surface area contributed by atoms with Crippen LogP contribution in [0.3, 0.4) is 0 Å². The monoisotopic (exact) mass is 385 g/mol. The smallest absolute Gasteiger partial charge is 0.272 e. The van der Waals surface area contributed by atoms with Crippen molar-refractivity contribution in [3.05, 3.63) is 93.3 Å². The SMILES string of the molecule is O=C(N[C@@H](c1ccc(F)cc1)c1cccs1)c1c(Cl)nc2ccccn12. The summed E-state index contributed by atoms with van der Waals surface area (Å²) in [5, 5.41) is 5.06. The Labute approximate surface area is 157 Å². The molecule has 3 aromatic heterocycles. The predicted octanol–water partition coefficient (Wildman–Crippen LogP) is 4.71. The van der Waals surface area contributed by atoms with Crippen molar-refractivity contribution in [2.45, 2.75) is 6.04 Å². The van der Waals surface area contributed by atoms with E-state index in [4.69, 9.17) is 11.6 Å². The Morgan fingerprint density at radius 3 is 2.69 bits per heavy atom. The van der Waals surface area contributed by atoms with Crippen molar-refractivity contribution >= 4 is 34.5 Å². The summed E-state index contributed by atoms with van der Waals surface area (Å²) in [6.07, 6.45) is 1.74. The van der Waals surface area contributed by atoms with E-state index < -0.39 is 6.04 Å². The average molecular weight is 386 g/mol. The van der Waals surface area contributed by atoms with E-state index in [1.807, 2.05) is 23.6 Å². The van der Waals surface area contributed by atoms with E-state index in [1.165, 1.54) is 23.5 Å². The van der Waals surface area contributed by atoms with Crippen LogP contribution in [0.4, 0.5) is 4.39 Å². The first kappa shape index (κ1) is 16.8. The molecule has 0 unspecified atom stereocenters. The van der Waals surface area contributed by atoms with Crippen LogP contribution in [-0.4, -0.2) is 15.3 Å². The standard InChI is InChI=1S/C19H13ClFN3OS/c20-18-17(24-10-2-1-5-15(24)22-18)19(25)23-16(14-4-3-11-26-14)12-6-8-13(21)9-7-12/h1-11,16H,(H,23,25)/t16-/m0/s1. The molecule has 0 saturated carbocycles. The number of carbonyl (C=O) groups is 1. The lowest BCUT2D eigenvalue weighted by molar-refractivity contribution is 0.0938. The summed E-state index contributed by atoms with van der Waals surface area (Å²) in [5.74, 6) is -0.675. The molecule has 0 aliphatic rings. The van der Waals surface area contributed by atoms with Gasteiger partial charge >= 0.3 is 0 Å². The topological polar surface area (TPSA) is 46.4 Å². The third-order valence-electron chi connectivity index (χ3n) is 4.01. The quantitative estimate of drug-likeness (QED) is 0.553.